The molecule has 0 unspecified atom stereocenters. The number of thiophene rings is 1. The fourth-order valence-electron chi connectivity index (χ4n) is 1.55. The van der Waals surface area contributed by atoms with E-state index in [1.54, 1.807) is 6.07 Å². The molecule has 19 heavy (non-hydrogen) atoms. The molecule has 100 valence electrons. The Kier molecular flexibility index (Phi) is 3.80. The molecule has 0 saturated heterocycles. The minimum Gasteiger partial charge on any atom is -0.398 e. The van der Waals surface area contributed by atoms with Gasteiger partial charge in [0, 0.05) is 22.7 Å². The highest BCUT2D eigenvalue weighted by molar-refractivity contribution is 7.14. The first-order valence-electron chi connectivity index (χ1n) is 5.55. The van der Waals surface area contributed by atoms with Gasteiger partial charge in [-0.1, -0.05) is 0 Å². The standard InChI is InChI=1S/C13H12F2N2OS/c1-7-11(16)5-12(19-7)13(18)17-6-8-4-9(14)2-3-10(8)15/h2-5H,6,16H2,1H3,(H,17,18). The predicted octanol–water partition coefficient (Wildman–Crippen LogP) is 2.85. The fourth-order valence-corrected chi connectivity index (χ4v) is 2.41. The molecule has 2 aromatic rings. The average Bonchev–Trinajstić information content (AvgIpc) is 2.70. The highest BCUT2D eigenvalue weighted by atomic mass is 32.1. The zero-order chi connectivity index (χ0) is 14.0. The number of benzene rings is 1. The van der Waals surface area contributed by atoms with E-state index in [2.05, 4.69) is 5.32 Å². The van der Waals surface area contributed by atoms with E-state index in [0.29, 0.717) is 10.6 Å². The second-order valence-corrected chi connectivity index (χ2v) is 5.30. The molecule has 0 saturated carbocycles. The van der Waals surface area contributed by atoms with E-state index < -0.39 is 11.6 Å². The summed E-state index contributed by atoms with van der Waals surface area (Å²) >= 11 is 1.26. The molecular formula is C13H12F2N2OS. The van der Waals surface area contributed by atoms with Crippen LogP contribution >= 0.6 is 11.3 Å². The molecule has 0 bridgehead atoms. The van der Waals surface area contributed by atoms with Crippen LogP contribution in [0.25, 0.3) is 0 Å². The van der Waals surface area contributed by atoms with Crippen molar-refractivity contribution >= 4 is 22.9 Å². The van der Waals surface area contributed by atoms with Crippen LogP contribution in [-0.4, -0.2) is 5.91 Å². The smallest absolute Gasteiger partial charge is 0.261 e. The van der Waals surface area contributed by atoms with Crippen LogP contribution in [0.3, 0.4) is 0 Å². The van der Waals surface area contributed by atoms with Crippen molar-refractivity contribution in [2.45, 2.75) is 13.5 Å². The second-order valence-electron chi connectivity index (χ2n) is 4.04. The fraction of sp³-hybridized carbons (Fsp3) is 0.154. The van der Waals surface area contributed by atoms with Gasteiger partial charge in [0.2, 0.25) is 0 Å². The van der Waals surface area contributed by atoms with E-state index in [0.717, 1.165) is 23.1 Å². The largest absolute Gasteiger partial charge is 0.398 e. The molecule has 3 N–H and O–H groups in total. The lowest BCUT2D eigenvalue weighted by molar-refractivity contribution is 0.0954. The molecule has 0 radical (unpaired) electrons. The summed E-state index contributed by atoms with van der Waals surface area (Å²) in [5, 5.41) is 2.53. The molecule has 1 aromatic heterocycles. The lowest BCUT2D eigenvalue weighted by atomic mass is 10.2. The van der Waals surface area contributed by atoms with Gasteiger partial charge in [0.1, 0.15) is 11.6 Å². The molecule has 0 atom stereocenters. The quantitative estimate of drug-likeness (QED) is 0.909. The van der Waals surface area contributed by atoms with Crippen molar-refractivity contribution in [2.75, 3.05) is 5.73 Å². The number of hydrogen-bond acceptors (Lipinski definition) is 3. The predicted molar refractivity (Wildman–Crippen MR) is 71.0 cm³/mol. The van der Waals surface area contributed by atoms with Crippen molar-refractivity contribution < 1.29 is 13.6 Å². The van der Waals surface area contributed by atoms with Crippen LogP contribution in [-0.2, 0) is 6.54 Å². The van der Waals surface area contributed by atoms with Gasteiger partial charge in [-0.25, -0.2) is 8.78 Å². The minimum atomic E-state index is -0.552. The molecule has 1 amide bonds. The van der Waals surface area contributed by atoms with E-state index in [1.807, 2.05) is 6.92 Å². The number of nitrogens with one attached hydrogen (secondary N) is 1. The third kappa shape index (κ3) is 3.08. The first-order chi connectivity index (χ1) is 8.97. The normalized spacial score (nSPS) is 10.5. The van der Waals surface area contributed by atoms with E-state index in [-0.39, 0.29) is 18.0 Å². The van der Waals surface area contributed by atoms with Crippen LogP contribution in [0, 0.1) is 18.6 Å². The zero-order valence-corrected chi connectivity index (χ0v) is 11.0. The average molecular weight is 282 g/mol. The molecule has 2 rings (SSSR count). The highest BCUT2D eigenvalue weighted by Gasteiger charge is 2.12. The van der Waals surface area contributed by atoms with E-state index in [1.165, 1.54) is 11.3 Å². The third-order valence-corrected chi connectivity index (χ3v) is 3.69. The summed E-state index contributed by atoms with van der Waals surface area (Å²) in [5.41, 5.74) is 6.30. The highest BCUT2D eigenvalue weighted by Crippen LogP contribution is 2.23. The molecule has 3 nitrogen and oxygen atoms in total. The van der Waals surface area contributed by atoms with Gasteiger partial charge >= 0.3 is 0 Å². The summed E-state index contributed by atoms with van der Waals surface area (Å²) in [5.74, 6) is -1.45. The Bertz CT molecular complexity index is 606. The number of anilines is 1. The molecule has 0 aliphatic heterocycles. The molecular weight excluding hydrogens is 270 g/mol. The van der Waals surface area contributed by atoms with Gasteiger partial charge in [0.25, 0.3) is 5.91 Å². The number of carbonyl (C=O) groups excluding carboxylic acids is 1. The van der Waals surface area contributed by atoms with Crippen molar-refractivity contribution in [3.8, 4) is 0 Å². The first-order valence-corrected chi connectivity index (χ1v) is 6.37. The van der Waals surface area contributed by atoms with Crippen molar-refractivity contribution in [1.82, 2.24) is 5.32 Å². The number of nitrogens with two attached hydrogens (primary N) is 1. The molecule has 0 spiro atoms. The molecule has 0 aliphatic carbocycles. The topological polar surface area (TPSA) is 55.1 Å². The van der Waals surface area contributed by atoms with Gasteiger partial charge in [-0.2, -0.15) is 0 Å². The lowest BCUT2D eigenvalue weighted by Crippen LogP contribution is -2.22. The van der Waals surface area contributed by atoms with Crippen LogP contribution in [0.15, 0.2) is 24.3 Å². The van der Waals surface area contributed by atoms with Crippen LogP contribution in [0.1, 0.15) is 20.1 Å². The minimum absolute atomic E-state index is 0.0702. The summed E-state index contributed by atoms with van der Waals surface area (Å²) in [7, 11) is 0. The zero-order valence-electron chi connectivity index (χ0n) is 10.2. The number of hydrogen-bond donors (Lipinski definition) is 2. The van der Waals surface area contributed by atoms with E-state index in [4.69, 9.17) is 5.73 Å². The number of rotatable bonds is 3. The van der Waals surface area contributed by atoms with Crippen LogP contribution in [0.5, 0.6) is 0 Å². The summed E-state index contributed by atoms with van der Waals surface area (Å²) in [6.07, 6.45) is 0. The molecule has 1 heterocycles. The van der Waals surface area contributed by atoms with Gasteiger partial charge in [-0.15, -0.1) is 11.3 Å². The van der Waals surface area contributed by atoms with Crippen LogP contribution in [0.4, 0.5) is 14.5 Å². The van der Waals surface area contributed by atoms with E-state index in [9.17, 15) is 13.6 Å². The summed E-state index contributed by atoms with van der Waals surface area (Å²) in [6.45, 7) is 1.74. The van der Waals surface area contributed by atoms with Gasteiger partial charge in [0.05, 0.1) is 4.88 Å². The van der Waals surface area contributed by atoms with Crippen molar-refractivity contribution in [3.63, 3.8) is 0 Å². The molecule has 6 heteroatoms. The number of carbonyl (C=O) groups is 1. The lowest BCUT2D eigenvalue weighted by Gasteiger charge is -2.05. The van der Waals surface area contributed by atoms with Gasteiger partial charge in [-0.3, -0.25) is 4.79 Å². The summed E-state index contributed by atoms with van der Waals surface area (Å²) in [6, 6.07) is 4.69. The first kappa shape index (κ1) is 13.5. The third-order valence-electron chi connectivity index (χ3n) is 2.63. The second kappa shape index (κ2) is 5.36. The van der Waals surface area contributed by atoms with E-state index >= 15 is 0 Å². The Morgan fingerprint density at radius 3 is 2.74 bits per heavy atom. The van der Waals surface area contributed by atoms with Crippen LogP contribution < -0.4 is 11.1 Å². The number of aryl methyl sites for hydroxylation is 1. The van der Waals surface area contributed by atoms with Crippen molar-refractivity contribution in [3.05, 3.63) is 51.2 Å². The Balaban J connectivity index is 2.06. The molecule has 0 fully saturated rings. The maximum Gasteiger partial charge on any atom is 0.261 e. The Morgan fingerprint density at radius 1 is 1.37 bits per heavy atom. The summed E-state index contributed by atoms with van der Waals surface area (Å²) in [4.78, 5) is 13.1. The maximum atomic E-state index is 13.4. The Hall–Kier alpha value is -1.95. The van der Waals surface area contributed by atoms with Gasteiger partial charge < -0.3 is 11.1 Å². The van der Waals surface area contributed by atoms with Gasteiger partial charge in [0.15, 0.2) is 0 Å². The van der Waals surface area contributed by atoms with Crippen molar-refractivity contribution in [2.24, 2.45) is 0 Å². The Morgan fingerprint density at radius 2 is 2.11 bits per heavy atom. The van der Waals surface area contributed by atoms with Crippen molar-refractivity contribution in [1.29, 1.82) is 0 Å². The maximum absolute atomic E-state index is 13.4. The number of halogens is 2. The molecule has 0 aliphatic rings. The summed E-state index contributed by atoms with van der Waals surface area (Å²) < 4.78 is 26.3. The molecule has 1 aromatic carbocycles. The number of nitrogen functional groups attached to an aromatic ring is 1. The van der Waals surface area contributed by atoms with Gasteiger partial charge in [-0.05, 0) is 31.2 Å². The Labute approximate surface area is 113 Å². The SMILES string of the molecule is Cc1sc(C(=O)NCc2cc(F)ccc2F)cc1N. The number of amides is 1. The monoisotopic (exact) mass is 282 g/mol. The van der Waals surface area contributed by atoms with Crippen LogP contribution in [0.2, 0.25) is 0 Å².